The number of halogens is 2. The molecule has 1 fully saturated rings. The Morgan fingerprint density at radius 1 is 1.29 bits per heavy atom. The summed E-state index contributed by atoms with van der Waals surface area (Å²) in [6.45, 7) is -2.76. The van der Waals surface area contributed by atoms with Crippen molar-refractivity contribution in [2.45, 2.75) is 25.0 Å². The molecular formula is C10H11F2NO. The van der Waals surface area contributed by atoms with Gasteiger partial charge in [-0.3, -0.25) is 0 Å². The monoisotopic (exact) mass is 199 g/mol. The fraction of sp³-hybridized carbons (Fsp3) is 0.400. The van der Waals surface area contributed by atoms with Gasteiger partial charge in [0, 0.05) is 12.0 Å². The Hall–Kier alpha value is -1.16. The van der Waals surface area contributed by atoms with Crippen molar-refractivity contribution in [1.29, 1.82) is 0 Å². The van der Waals surface area contributed by atoms with Crippen LogP contribution in [0.5, 0.6) is 5.75 Å². The van der Waals surface area contributed by atoms with Crippen LogP contribution < -0.4 is 10.5 Å². The lowest BCUT2D eigenvalue weighted by Crippen LogP contribution is -2.02. The second kappa shape index (κ2) is 3.53. The van der Waals surface area contributed by atoms with Crippen molar-refractivity contribution in [1.82, 2.24) is 0 Å². The van der Waals surface area contributed by atoms with Crippen molar-refractivity contribution in [3.8, 4) is 5.75 Å². The second-order valence-electron chi connectivity index (χ2n) is 3.45. The predicted octanol–water partition coefficient (Wildman–Crippen LogP) is 2.10. The molecule has 2 N–H and O–H groups in total. The summed E-state index contributed by atoms with van der Waals surface area (Å²) in [5.74, 6) is 0.591. The molecule has 1 aromatic carbocycles. The summed E-state index contributed by atoms with van der Waals surface area (Å²) < 4.78 is 27.9. The molecule has 1 saturated carbocycles. The van der Waals surface area contributed by atoms with E-state index < -0.39 is 6.61 Å². The van der Waals surface area contributed by atoms with Gasteiger partial charge in [-0.2, -0.15) is 8.78 Å². The van der Waals surface area contributed by atoms with Gasteiger partial charge in [0.15, 0.2) is 0 Å². The van der Waals surface area contributed by atoms with Crippen LogP contribution in [-0.4, -0.2) is 12.7 Å². The molecule has 0 bridgehead atoms. The molecule has 14 heavy (non-hydrogen) atoms. The number of benzene rings is 1. The molecule has 1 aromatic rings. The first-order valence-corrected chi connectivity index (χ1v) is 4.47. The van der Waals surface area contributed by atoms with Crippen LogP contribution in [0.1, 0.15) is 17.9 Å². The van der Waals surface area contributed by atoms with Crippen LogP contribution in [0.3, 0.4) is 0 Å². The van der Waals surface area contributed by atoms with Gasteiger partial charge in [-0.05, 0) is 24.1 Å². The van der Waals surface area contributed by atoms with Crippen LogP contribution >= 0.6 is 0 Å². The van der Waals surface area contributed by atoms with E-state index in [-0.39, 0.29) is 11.8 Å². The maximum atomic E-state index is 11.8. The van der Waals surface area contributed by atoms with Gasteiger partial charge >= 0.3 is 6.61 Å². The van der Waals surface area contributed by atoms with Crippen molar-refractivity contribution < 1.29 is 13.5 Å². The van der Waals surface area contributed by atoms with Crippen molar-refractivity contribution in [2.75, 3.05) is 0 Å². The summed E-state index contributed by atoms with van der Waals surface area (Å²) in [5, 5.41) is 0. The summed E-state index contributed by atoms with van der Waals surface area (Å²) in [5.41, 5.74) is 6.76. The Kier molecular flexibility index (Phi) is 2.37. The molecule has 1 aliphatic carbocycles. The van der Waals surface area contributed by atoms with Gasteiger partial charge < -0.3 is 10.5 Å². The Morgan fingerprint density at radius 3 is 2.29 bits per heavy atom. The Balaban J connectivity index is 2.03. The quantitative estimate of drug-likeness (QED) is 0.809. The average Bonchev–Trinajstić information content (AvgIpc) is 2.83. The van der Waals surface area contributed by atoms with E-state index in [1.807, 2.05) is 0 Å². The molecule has 2 atom stereocenters. The van der Waals surface area contributed by atoms with Gasteiger partial charge in [0.2, 0.25) is 0 Å². The van der Waals surface area contributed by atoms with Crippen molar-refractivity contribution >= 4 is 0 Å². The number of nitrogens with two attached hydrogens (primary N) is 1. The van der Waals surface area contributed by atoms with E-state index in [4.69, 9.17) is 5.73 Å². The van der Waals surface area contributed by atoms with Crippen LogP contribution in [-0.2, 0) is 0 Å². The number of alkyl halides is 2. The number of hydrogen-bond donors (Lipinski definition) is 1. The first-order chi connectivity index (χ1) is 6.66. The van der Waals surface area contributed by atoms with Crippen LogP contribution in [0, 0.1) is 0 Å². The number of rotatable bonds is 3. The van der Waals surface area contributed by atoms with Gasteiger partial charge in [-0.25, -0.2) is 0 Å². The average molecular weight is 199 g/mol. The van der Waals surface area contributed by atoms with Crippen LogP contribution in [0.4, 0.5) is 8.78 Å². The van der Waals surface area contributed by atoms with E-state index in [9.17, 15) is 8.78 Å². The molecule has 0 radical (unpaired) electrons. The Bertz CT molecular complexity index is 312. The molecule has 0 saturated heterocycles. The molecule has 1 aliphatic rings. The number of hydrogen-bond acceptors (Lipinski definition) is 2. The van der Waals surface area contributed by atoms with Gasteiger partial charge in [-0.15, -0.1) is 0 Å². The van der Waals surface area contributed by atoms with E-state index >= 15 is 0 Å². The van der Waals surface area contributed by atoms with E-state index in [1.54, 1.807) is 24.3 Å². The first-order valence-electron chi connectivity index (χ1n) is 4.47. The molecule has 0 aliphatic heterocycles. The maximum Gasteiger partial charge on any atom is 0.387 e. The zero-order valence-corrected chi connectivity index (χ0v) is 7.49. The van der Waals surface area contributed by atoms with Gasteiger partial charge in [0.25, 0.3) is 0 Å². The van der Waals surface area contributed by atoms with E-state index in [0.717, 1.165) is 12.0 Å². The molecule has 2 unspecified atom stereocenters. The summed E-state index contributed by atoms with van der Waals surface area (Å²) in [4.78, 5) is 0. The maximum absolute atomic E-state index is 11.8. The molecule has 2 nitrogen and oxygen atoms in total. The lowest BCUT2D eigenvalue weighted by molar-refractivity contribution is -0.0498. The van der Waals surface area contributed by atoms with Gasteiger partial charge in [-0.1, -0.05) is 12.1 Å². The highest BCUT2D eigenvalue weighted by molar-refractivity contribution is 5.33. The third-order valence-electron chi connectivity index (χ3n) is 2.37. The molecule has 4 heteroatoms. The summed E-state index contributed by atoms with van der Waals surface area (Å²) in [6.07, 6.45) is 0.981. The van der Waals surface area contributed by atoms with Crippen LogP contribution in [0.25, 0.3) is 0 Å². The largest absolute Gasteiger partial charge is 0.435 e. The molecular weight excluding hydrogens is 188 g/mol. The Morgan fingerprint density at radius 2 is 1.86 bits per heavy atom. The topological polar surface area (TPSA) is 35.2 Å². The smallest absolute Gasteiger partial charge is 0.387 e. The molecule has 76 valence electrons. The summed E-state index contributed by atoms with van der Waals surface area (Å²) in [7, 11) is 0. The highest BCUT2D eigenvalue weighted by atomic mass is 19.3. The molecule has 0 aromatic heterocycles. The highest BCUT2D eigenvalue weighted by Gasteiger charge is 2.34. The van der Waals surface area contributed by atoms with Crippen LogP contribution in [0.15, 0.2) is 24.3 Å². The third-order valence-corrected chi connectivity index (χ3v) is 2.37. The lowest BCUT2D eigenvalue weighted by Gasteiger charge is -2.04. The van der Waals surface area contributed by atoms with Gasteiger partial charge in [0.05, 0.1) is 0 Å². The molecule has 0 amide bonds. The fourth-order valence-corrected chi connectivity index (χ4v) is 1.49. The normalized spacial score (nSPS) is 25.1. The second-order valence-corrected chi connectivity index (χ2v) is 3.45. The summed E-state index contributed by atoms with van der Waals surface area (Å²) >= 11 is 0. The zero-order valence-electron chi connectivity index (χ0n) is 7.49. The van der Waals surface area contributed by atoms with Crippen molar-refractivity contribution in [3.63, 3.8) is 0 Å². The summed E-state index contributed by atoms with van der Waals surface area (Å²) in [6, 6.07) is 6.90. The van der Waals surface area contributed by atoms with E-state index in [0.29, 0.717) is 5.92 Å². The minimum Gasteiger partial charge on any atom is -0.435 e. The third kappa shape index (κ3) is 2.01. The minimum absolute atomic E-state index is 0.193. The fourth-order valence-electron chi connectivity index (χ4n) is 1.49. The SMILES string of the molecule is NC1CC1c1ccc(OC(F)F)cc1. The van der Waals surface area contributed by atoms with E-state index in [1.165, 1.54) is 0 Å². The molecule has 2 rings (SSSR count). The zero-order chi connectivity index (χ0) is 10.1. The number of ether oxygens (including phenoxy) is 1. The highest BCUT2D eigenvalue weighted by Crippen LogP contribution is 2.39. The van der Waals surface area contributed by atoms with E-state index in [2.05, 4.69) is 4.74 Å². The molecule has 0 heterocycles. The first kappa shape index (κ1) is 9.40. The minimum atomic E-state index is -2.76. The van der Waals surface area contributed by atoms with Crippen molar-refractivity contribution in [2.24, 2.45) is 5.73 Å². The standard InChI is InChI=1S/C10H11F2NO/c11-10(12)14-7-3-1-6(2-4-7)8-5-9(8)13/h1-4,8-10H,5,13H2. The predicted molar refractivity (Wildman–Crippen MR) is 48.4 cm³/mol. The van der Waals surface area contributed by atoms with Crippen LogP contribution in [0.2, 0.25) is 0 Å². The van der Waals surface area contributed by atoms with Gasteiger partial charge in [0.1, 0.15) is 5.75 Å². The van der Waals surface area contributed by atoms with Crippen molar-refractivity contribution in [3.05, 3.63) is 29.8 Å². The molecule has 0 spiro atoms. The lowest BCUT2D eigenvalue weighted by atomic mass is 10.1. The Labute approximate surface area is 80.7 Å².